The molecular weight excluding hydrogens is 232 g/mol. The number of rotatable bonds is 5. The van der Waals surface area contributed by atoms with E-state index in [1.807, 2.05) is 6.92 Å². The van der Waals surface area contributed by atoms with E-state index in [1.54, 1.807) is 0 Å². The minimum atomic E-state index is -3.49. The van der Waals surface area contributed by atoms with Crippen molar-refractivity contribution in [2.45, 2.75) is 26.2 Å². The van der Waals surface area contributed by atoms with E-state index >= 15 is 0 Å². The summed E-state index contributed by atoms with van der Waals surface area (Å²) in [6, 6.07) is 0. The van der Waals surface area contributed by atoms with Crippen LogP contribution in [-0.4, -0.2) is 43.4 Å². The highest BCUT2D eigenvalue weighted by molar-refractivity contribution is 7.87. The first-order chi connectivity index (χ1) is 7.42. The number of nitrogens with one attached hydrogen (secondary N) is 1. The average molecular weight is 250 g/mol. The Hall–Kier alpha value is -0.660. The van der Waals surface area contributed by atoms with E-state index in [-0.39, 0.29) is 13.0 Å². The molecule has 0 aliphatic carbocycles. The molecule has 94 valence electrons. The lowest BCUT2D eigenvalue weighted by atomic mass is 10.0. The van der Waals surface area contributed by atoms with Crippen LogP contribution in [0.25, 0.3) is 0 Å². The first-order valence-corrected chi connectivity index (χ1v) is 6.82. The molecule has 6 nitrogen and oxygen atoms in total. The van der Waals surface area contributed by atoms with Crippen molar-refractivity contribution < 1.29 is 18.3 Å². The van der Waals surface area contributed by atoms with Gasteiger partial charge in [0.15, 0.2) is 0 Å². The number of carbonyl (C=O) groups is 1. The largest absolute Gasteiger partial charge is 0.481 e. The van der Waals surface area contributed by atoms with Gasteiger partial charge in [-0.2, -0.15) is 12.7 Å². The predicted molar refractivity (Wildman–Crippen MR) is 59.1 cm³/mol. The summed E-state index contributed by atoms with van der Waals surface area (Å²) in [6.07, 6.45) is 1.71. The zero-order chi connectivity index (χ0) is 12.2. The van der Waals surface area contributed by atoms with Crippen LogP contribution in [-0.2, 0) is 15.0 Å². The molecule has 1 aliphatic heterocycles. The van der Waals surface area contributed by atoms with Gasteiger partial charge < -0.3 is 5.11 Å². The maximum atomic E-state index is 11.7. The Bertz CT molecular complexity index is 341. The van der Waals surface area contributed by atoms with Crippen LogP contribution >= 0.6 is 0 Å². The van der Waals surface area contributed by atoms with Gasteiger partial charge in [0.25, 0.3) is 10.2 Å². The average Bonchev–Trinajstić information content (AvgIpc) is 2.16. The standard InChI is InChI=1S/C9H18N2O4S/c1-8-3-2-6-11(7-8)16(14,15)10-5-4-9(12)13/h8,10H,2-7H2,1H3,(H,12,13). The normalized spacial score (nSPS) is 23.2. The van der Waals surface area contributed by atoms with E-state index in [1.165, 1.54) is 4.31 Å². The molecule has 1 unspecified atom stereocenters. The quantitative estimate of drug-likeness (QED) is 0.720. The Labute approximate surface area is 95.8 Å². The van der Waals surface area contributed by atoms with Crippen molar-refractivity contribution in [3.05, 3.63) is 0 Å². The fourth-order valence-corrected chi connectivity index (χ4v) is 3.11. The number of carboxylic acids is 1. The van der Waals surface area contributed by atoms with Gasteiger partial charge in [-0.15, -0.1) is 0 Å². The Balaban J connectivity index is 2.46. The van der Waals surface area contributed by atoms with Crippen molar-refractivity contribution >= 4 is 16.2 Å². The second kappa shape index (κ2) is 5.60. The smallest absolute Gasteiger partial charge is 0.304 e. The predicted octanol–water partition coefficient (Wildman–Crippen LogP) is 0.0274. The van der Waals surface area contributed by atoms with Gasteiger partial charge in [-0.3, -0.25) is 4.79 Å². The third-order valence-corrected chi connectivity index (χ3v) is 4.16. The number of aliphatic carboxylic acids is 1. The molecule has 0 saturated carbocycles. The van der Waals surface area contributed by atoms with Crippen molar-refractivity contribution in [2.24, 2.45) is 5.92 Å². The van der Waals surface area contributed by atoms with Crippen molar-refractivity contribution in [3.63, 3.8) is 0 Å². The maximum Gasteiger partial charge on any atom is 0.304 e. The van der Waals surface area contributed by atoms with Crippen LogP contribution < -0.4 is 4.72 Å². The Morgan fingerprint density at radius 2 is 2.25 bits per heavy atom. The molecule has 1 atom stereocenters. The summed E-state index contributed by atoms with van der Waals surface area (Å²) in [4.78, 5) is 10.3. The van der Waals surface area contributed by atoms with E-state index in [9.17, 15) is 13.2 Å². The van der Waals surface area contributed by atoms with Gasteiger partial charge in [0, 0.05) is 19.6 Å². The third kappa shape index (κ3) is 4.07. The third-order valence-electron chi connectivity index (χ3n) is 2.58. The lowest BCUT2D eigenvalue weighted by Crippen LogP contribution is -2.45. The van der Waals surface area contributed by atoms with E-state index in [0.717, 1.165) is 12.8 Å². The highest BCUT2D eigenvalue weighted by atomic mass is 32.2. The van der Waals surface area contributed by atoms with Crippen molar-refractivity contribution in [1.82, 2.24) is 9.03 Å². The van der Waals surface area contributed by atoms with Crippen molar-refractivity contribution in [2.75, 3.05) is 19.6 Å². The Morgan fingerprint density at radius 1 is 1.56 bits per heavy atom. The molecule has 0 aromatic heterocycles. The minimum Gasteiger partial charge on any atom is -0.481 e. The summed E-state index contributed by atoms with van der Waals surface area (Å²) in [6.45, 7) is 3.00. The molecule has 2 N–H and O–H groups in total. The summed E-state index contributed by atoms with van der Waals surface area (Å²) in [5.41, 5.74) is 0. The highest BCUT2D eigenvalue weighted by Gasteiger charge is 2.26. The maximum absolute atomic E-state index is 11.7. The fraction of sp³-hybridized carbons (Fsp3) is 0.889. The molecule has 0 aromatic rings. The summed E-state index contributed by atoms with van der Waals surface area (Å²) in [5.74, 6) is -0.639. The van der Waals surface area contributed by atoms with Crippen LogP contribution in [0.15, 0.2) is 0 Å². The number of hydrogen-bond donors (Lipinski definition) is 2. The lowest BCUT2D eigenvalue weighted by molar-refractivity contribution is -0.136. The summed E-state index contributed by atoms with van der Waals surface area (Å²) >= 11 is 0. The monoisotopic (exact) mass is 250 g/mol. The number of piperidine rings is 1. The Kier molecular flexibility index (Phi) is 4.69. The minimum absolute atomic E-state index is 0.0530. The topological polar surface area (TPSA) is 86.7 Å². The Morgan fingerprint density at radius 3 is 2.81 bits per heavy atom. The molecule has 0 aromatic carbocycles. The van der Waals surface area contributed by atoms with E-state index in [2.05, 4.69) is 4.72 Å². The zero-order valence-corrected chi connectivity index (χ0v) is 10.2. The summed E-state index contributed by atoms with van der Waals surface area (Å²) < 4.78 is 27.2. The summed E-state index contributed by atoms with van der Waals surface area (Å²) in [5, 5.41) is 8.41. The second-order valence-corrected chi connectivity index (χ2v) is 5.90. The molecule has 1 saturated heterocycles. The molecule has 7 heteroatoms. The van der Waals surface area contributed by atoms with Gasteiger partial charge in [-0.25, -0.2) is 4.72 Å². The van der Waals surface area contributed by atoms with Gasteiger partial charge >= 0.3 is 5.97 Å². The van der Waals surface area contributed by atoms with E-state index < -0.39 is 16.2 Å². The van der Waals surface area contributed by atoms with E-state index in [4.69, 9.17) is 5.11 Å². The zero-order valence-electron chi connectivity index (χ0n) is 9.35. The first-order valence-electron chi connectivity index (χ1n) is 5.38. The van der Waals surface area contributed by atoms with Gasteiger partial charge in [0.2, 0.25) is 0 Å². The van der Waals surface area contributed by atoms with Gasteiger partial charge in [0.1, 0.15) is 0 Å². The second-order valence-electron chi connectivity index (χ2n) is 4.15. The molecule has 0 spiro atoms. The van der Waals surface area contributed by atoms with Crippen LogP contribution in [0.3, 0.4) is 0 Å². The molecule has 16 heavy (non-hydrogen) atoms. The van der Waals surface area contributed by atoms with Gasteiger partial charge in [-0.1, -0.05) is 6.92 Å². The molecule has 0 radical (unpaired) electrons. The molecule has 1 heterocycles. The molecule has 1 aliphatic rings. The molecule has 1 fully saturated rings. The van der Waals surface area contributed by atoms with Crippen LogP contribution in [0.4, 0.5) is 0 Å². The van der Waals surface area contributed by atoms with Crippen LogP contribution in [0.2, 0.25) is 0 Å². The number of hydrogen-bond acceptors (Lipinski definition) is 3. The fourth-order valence-electron chi connectivity index (χ4n) is 1.74. The van der Waals surface area contributed by atoms with Gasteiger partial charge in [0.05, 0.1) is 6.42 Å². The molecule has 0 amide bonds. The molecule has 0 bridgehead atoms. The lowest BCUT2D eigenvalue weighted by Gasteiger charge is -2.29. The molecule has 1 rings (SSSR count). The van der Waals surface area contributed by atoms with Crippen LogP contribution in [0.5, 0.6) is 0 Å². The van der Waals surface area contributed by atoms with Crippen molar-refractivity contribution in [3.8, 4) is 0 Å². The SMILES string of the molecule is CC1CCCN(S(=O)(=O)NCCC(=O)O)C1. The summed E-state index contributed by atoms with van der Waals surface area (Å²) in [7, 11) is -3.49. The van der Waals surface area contributed by atoms with Gasteiger partial charge in [-0.05, 0) is 18.8 Å². The van der Waals surface area contributed by atoms with Crippen molar-refractivity contribution in [1.29, 1.82) is 0 Å². The number of nitrogens with zero attached hydrogens (tertiary/aromatic N) is 1. The first kappa shape index (κ1) is 13.4. The van der Waals surface area contributed by atoms with E-state index in [0.29, 0.717) is 19.0 Å². The number of carboxylic acid groups (broad SMARTS) is 1. The highest BCUT2D eigenvalue weighted by Crippen LogP contribution is 2.17. The van der Waals surface area contributed by atoms with Crippen LogP contribution in [0, 0.1) is 5.92 Å². The van der Waals surface area contributed by atoms with Crippen LogP contribution in [0.1, 0.15) is 26.2 Å². The molecular formula is C9H18N2O4S.